The lowest BCUT2D eigenvalue weighted by Crippen LogP contribution is -2.56. The van der Waals surface area contributed by atoms with Gasteiger partial charge in [0.1, 0.15) is 12.1 Å². The van der Waals surface area contributed by atoms with Crippen LogP contribution in [0.3, 0.4) is 0 Å². The summed E-state index contributed by atoms with van der Waals surface area (Å²) in [6.45, 7) is 4.76. The number of benzene rings is 3. The molecule has 45 heavy (non-hydrogen) atoms. The van der Waals surface area contributed by atoms with Crippen molar-refractivity contribution in [2.24, 2.45) is 0 Å². The van der Waals surface area contributed by atoms with Crippen molar-refractivity contribution in [1.82, 2.24) is 15.1 Å². The van der Waals surface area contributed by atoms with E-state index in [1.54, 1.807) is 47.4 Å². The van der Waals surface area contributed by atoms with E-state index in [1.807, 2.05) is 37.3 Å². The standard InChI is InChI=1S/C36H41ClN4O4/c1-25-22-29(14-15-30(25)37)38-35(44)31(18-21-40-19-8-3-9-20-40)39-36(45)32-23-27-12-6-7-13-28(27)24-41(32)34(43)17-16-33(42)26-10-4-2-5-11-26/h2,4-7,10-15,22,31-32H,3,8-9,16-21,23-24H2,1H3,(H,38,44)(H,39,45)/t31-,32-/m0/s1. The maximum Gasteiger partial charge on any atom is 0.246 e. The van der Waals surface area contributed by atoms with Crippen LogP contribution in [0.5, 0.6) is 0 Å². The highest BCUT2D eigenvalue weighted by molar-refractivity contribution is 6.31. The maximum absolute atomic E-state index is 14.0. The van der Waals surface area contributed by atoms with E-state index in [9.17, 15) is 19.2 Å². The Kier molecular flexibility index (Phi) is 11.0. The number of carbonyl (C=O) groups is 4. The van der Waals surface area contributed by atoms with Gasteiger partial charge in [-0.15, -0.1) is 0 Å². The van der Waals surface area contributed by atoms with Crippen molar-refractivity contribution < 1.29 is 19.2 Å². The third-order valence-electron chi connectivity index (χ3n) is 8.77. The minimum Gasteiger partial charge on any atom is -0.342 e. The SMILES string of the molecule is Cc1cc(NC(=O)[C@H](CCN2CCCCC2)NC(=O)[C@@H]2Cc3ccccc3CN2C(=O)CCC(=O)c2ccccc2)ccc1Cl. The van der Waals surface area contributed by atoms with Crippen molar-refractivity contribution in [2.45, 2.75) is 70.5 Å². The zero-order valence-corrected chi connectivity index (χ0v) is 26.5. The van der Waals surface area contributed by atoms with Gasteiger partial charge in [0.15, 0.2) is 5.78 Å². The molecule has 2 N–H and O–H groups in total. The molecular formula is C36H41ClN4O4. The van der Waals surface area contributed by atoms with Crippen molar-refractivity contribution in [3.05, 3.63) is 100 Å². The van der Waals surface area contributed by atoms with Crippen LogP contribution in [0.2, 0.25) is 5.02 Å². The molecule has 5 rings (SSSR count). The number of piperidine rings is 1. The van der Waals surface area contributed by atoms with Gasteiger partial charge in [0.2, 0.25) is 17.7 Å². The number of amides is 3. The number of likely N-dealkylation sites (tertiary alicyclic amines) is 1. The molecule has 1 saturated heterocycles. The maximum atomic E-state index is 14.0. The number of ketones is 1. The lowest BCUT2D eigenvalue weighted by molar-refractivity contribution is -0.142. The Morgan fingerprint density at radius 2 is 1.60 bits per heavy atom. The molecular weight excluding hydrogens is 588 g/mol. The average Bonchev–Trinajstić information content (AvgIpc) is 3.07. The van der Waals surface area contributed by atoms with E-state index < -0.39 is 12.1 Å². The van der Waals surface area contributed by atoms with Gasteiger partial charge < -0.3 is 20.4 Å². The summed E-state index contributed by atoms with van der Waals surface area (Å²) < 4.78 is 0. The number of anilines is 1. The Morgan fingerprint density at radius 3 is 2.33 bits per heavy atom. The second kappa shape index (κ2) is 15.3. The minimum absolute atomic E-state index is 0.00549. The summed E-state index contributed by atoms with van der Waals surface area (Å²) in [6.07, 6.45) is 4.27. The minimum atomic E-state index is -0.803. The third-order valence-corrected chi connectivity index (χ3v) is 9.20. The fourth-order valence-electron chi connectivity index (χ4n) is 6.14. The first-order valence-corrected chi connectivity index (χ1v) is 16.2. The van der Waals surface area contributed by atoms with Gasteiger partial charge in [-0.25, -0.2) is 0 Å². The lowest BCUT2D eigenvalue weighted by atomic mass is 9.92. The number of carbonyl (C=O) groups excluding carboxylic acids is 4. The molecule has 2 aliphatic rings. The van der Waals surface area contributed by atoms with Crippen molar-refractivity contribution in [2.75, 3.05) is 25.0 Å². The van der Waals surface area contributed by atoms with Crippen LogP contribution >= 0.6 is 11.6 Å². The highest BCUT2D eigenvalue weighted by atomic mass is 35.5. The Bertz CT molecular complexity index is 1520. The van der Waals surface area contributed by atoms with E-state index in [4.69, 9.17) is 11.6 Å². The summed E-state index contributed by atoms with van der Waals surface area (Å²) in [5.74, 6) is -1.07. The number of nitrogens with zero attached hydrogens (tertiary/aromatic N) is 2. The number of hydrogen-bond donors (Lipinski definition) is 2. The zero-order valence-electron chi connectivity index (χ0n) is 25.8. The van der Waals surface area contributed by atoms with Gasteiger partial charge in [-0.2, -0.15) is 0 Å². The Morgan fingerprint density at radius 1 is 0.889 bits per heavy atom. The first kappa shape index (κ1) is 32.4. The summed E-state index contributed by atoms with van der Waals surface area (Å²) in [7, 11) is 0. The van der Waals surface area contributed by atoms with E-state index in [0.29, 0.717) is 35.7 Å². The zero-order chi connectivity index (χ0) is 31.8. The monoisotopic (exact) mass is 628 g/mol. The molecule has 236 valence electrons. The lowest BCUT2D eigenvalue weighted by Gasteiger charge is -2.37. The van der Waals surface area contributed by atoms with E-state index >= 15 is 0 Å². The average molecular weight is 629 g/mol. The van der Waals surface area contributed by atoms with Crippen molar-refractivity contribution in [3.63, 3.8) is 0 Å². The number of nitrogens with one attached hydrogen (secondary N) is 2. The molecule has 3 aromatic rings. The van der Waals surface area contributed by atoms with E-state index in [-0.39, 0.29) is 42.9 Å². The van der Waals surface area contributed by atoms with Crippen LogP contribution in [-0.4, -0.2) is 65.0 Å². The second-order valence-electron chi connectivity index (χ2n) is 12.0. The summed E-state index contributed by atoms with van der Waals surface area (Å²) in [5.41, 5.74) is 3.96. The molecule has 3 aromatic carbocycles. The number of aryl methyl sites for hydroxylation is 1. The number of fused-ring (bicyclic) bond motifs is 1. The highest BCUT2D eigenvalue weighted by Crippen LogP contribution is 2.25. The molecule has 3 amide bonds. The molecule has 0 bridgehead atoms. The number of hydrogen-bond acceptors (Lipinski definition) is 5. The van der Waals surface area contributed by atoms with Gasteiger partial charge >= 0.3 is 0 Å². The third kappa shape index (κ3) is 8.59. The predicted molar refractivity (Wildman–Crippen MR) is 176 cm³/mol. The van der Waals surface area contributed by atoms with Gasteiger partial charge in [-0.3, -0.25) is 19.2 Å². The highest BCUT2D eigenvalue weighted by Gasteiger charge is 2.36. The van der Waals surface area contributed by atoms with Crippen LogP contribution in [0, 0.1) is 6.92 Å². The molecule has 0 radical (unpaired) electrons. The molecule has 0 saturated carbocycles. The summed E-state index contributed by atoms with van der Waals surface area (Å²) in [5, 5.41) is 6.58. The summed E-state index contributed by atoms with van der Waals surface area (Å²) in [4.78, 5) is 57.9. The first-order chi connectivity index (χ1) is 21.8. The molecule has 1 fully saturated rings. The number of Topliss-reactive ketones (excluding diaryl/α,β-unsaturated/α-hetero) is 1. The van der Waals surface area contributed by atoms with Gasteiger partial charge in [-0.05, 0) is 74.2 Å². The van der Waals surface area contributed by atoms with E-state index in [0.717, 1.165) is 42.6 Å². The second-order valence-corrected chi connectivity index (χ2v) is 12.4. The van der Waals surface area contributed by atoms with Crippen LogP contribution in [0.1, 0.15) is 65.6 Å². The number of rotatable bonds is 11. The molecule has 0 aromatic heterocycles. The van der Waals surface area contributed by atoms with Gasteiger partial charge in [0.05, 0.1) is 0 Å². The molecule has 0 unspecified atom stereocenters. The molecule has 9 heteroatoms. The van der Waals surface area contributed by atoms with Crippen molar-refractivity contribution in [1.29, 1.82) is 0 Å². The molecule has 2 aliphatic heterocycles. The fraction of sp³-hybridized carbons (Fsp3) is 0.389. The quantitative estimate of drug-likeness (QED) is 0.271. The molecule has 0 spiro atoms. The van der Waals surface area contributed by atoms with Crippen LogP contribution in [0.15, 0.2) is 72.8 Å². The van der Waals surface area contributed by atoms with Crippen LogP contribution < -0.4 is 10.6 Å². The van der Waals surface area contributed by atoms with Crippen molar-refractivity contribution >= 4 is 40.8 Å². The van der Waals surface area contributed by atoms with Crippen LogP contribution in [-0.2, 0) is 27.3 Å². The summed E-state index contributed by atoms with van der Waals surface area (Å²) in [6, 6.07) is 20.4. The normalized spacial score (nSPS) is 17.2. The topological polar surface area (TPSA) is 98.8 Å². The van der Waals surface area contributed by atoms with E-state index in [2.05, 4.69) is 15.5 Å². The first-order valence-electron chi connectivity index (χ1n) is 15.8. The van der Waals surface area contributed by atoms with E-state index in [1.165, 1.54) is 6.42 Å². The molecule has 0 aliphatic carbocycles. The number of halogens is 1. The van der Waals surface area contributed by atoms with Gasteiger partial charge in [-0.1, -0.05) is 72.6 Å². The van der Waals surface area contributed by atoms with Crippen LogP contribution in [0.4, 0.5) is 5.69 Å². The largest absolute Gasteiger partial charge is 0.342 e. The molecule has 2 heterocycles. The van der Waals surface area contributed by atoms with Gasteiger partial charge in [0, 0.05) is 48.6 Å². The fourth-order valence-corrected chi connectivity index (χ4v) is 6.25. The molecule has 2 atom stereocenters. The smallest absolute Gasteiger partial charge is 0.246 e. The van der Waals surface area contributed by atoms with Crippen molar-refractivity contribution in [3.8, 4) is 0 Å². The van der Waals surface area contributed by atoms with Crippen LogP contribution in [0.25, 0.3) is 0 Å². The predicted octanol–water partition coefficient (Wildman–Crippen LogP) is 5.56. The Hall–Kier alpha value is -4.01. The Labute approximate surface area is 270 Å². The molecule has 8 nitrogen and oxygen atoms in total. The van der Waals surface area contributed by atoms with Gasteiger partial charge in [0.25, 0.3) is 0 Å². The summed E-state index contributed by atoms with van der Waals surface area (Å²) >= 11 is 6.19. The Balaban J connectivity index is 1.32.